The zero-order valence-electron chi connectivity index (χ0n) is 8.35. The number of likely N-dealkylation sites (tertiary alicyclic amines) is 1. The summed E-state index contributed by atoms with van der Waals surface area (Å²) in [7, 11) is 0. The molecule has 0 saturated carbocycles. The minimum Gasteiger partial charge on any atom is -0.480 e. The summed E-state index contributed by atoms with van der Waals surface area (Å²) in [6.45, 7) is 0.505. The van der Waals surface area contributed by atoms with Crippen molar-refractivity contribution in [2.45, 2.75) is 18.9 Å². The standard InChI is InChI=1S/C10H10ClNO3S/c11-8-4-3-7(16-8)9(13)12-5-1-2-6(12)10(14)15/h3-4,6H,1-2,5H2,(H,14,15)/t6-/m1/s1. The molecule has 16 heavy (non-hydrogen) atoms. The lowest BCUT2D eigenvalue weighted by Gasteiger charge is -2.20. The first-order valence-corrected chi connectivity index (χ1v) is 6.08. The van der Waals surface area contributed by atoms with Crippen molar-refractivity contribution in [3.8, 4) is 0 Å². The summed E-state index contributed by atoms with van der Waals surface area (Å²) in [4.78, 5) is 24.8. The van der Waals surface area contributed by atoms with Gasteiger partial charge in [0.15, 0.2) is 0 Å². The molecule has 1 aromatic rings. The van der Waals surface area contributed by atoms with Crippen LogP contribution in [0.3, 0.4) is 0 Å². The van der Waals surface area contributed by atoms with Crippen LogP contribution in [0.2, 0.25) is 4.34 Å². The Morgan fingerprint density at radius 2 is 2.25 bits per heavy atom. The second-order valence-corrected chi connectivity index (χ2v) is 5.31. The van der Waals surface area contributed by atoms with Gasteiger partial charge in [-0.05, 0) is 25.0 Å². The third kappa shape index (κ3) is 2.05. The van der Waals surface area contributed by atoms with Crippen LogP contribution in [0.15, 0.2) is 12.1 Å². The third-order valence-electron chi connectivity index (χ3n) is 2.58. The molecule has 1 aromatic heterocycles. The third-order valence-corrected chi connectivity index (χ3v) is 3.80. The minimum atomic E-state index is -0.937. The molecule has 0 spiro atoms. The van der Waals surface area contributed by atoms with Gasteiger partial charge in [-0.3, -0.25) is 4.79 Å². The Hall–Kier alpha value is -1.07. The zero-order chi connectivity index (χ0) is 11.7. The van der Waals surface area contributed by atoms with Gasteiger partial charge >= 0.3 is 5.97 Å². The zero-order valence-corrected chi connectivity index (χ0v) is 9.92. The van der Waals surface area contributed by atoms with Crippen molar-refractivity contribution >= 4 is 34.8 Å². The fourth-order valence-electron chi connectivity index (χ4n) is 1.84. The lowest BCUT2D eigenvalue weighted by atomic mass is 10.2. The summed E-state index contributed by atoms with van der Waals surface area (Å²) >= 11 is 6.92. The molecular formula is C10H10ClNO3S. The molecule has 1 fully saturated rings. The molecule has 1 amide bonds. The van der Waals surface area contributed by atoms with Gasteiger partial charge in [0.05, 0.1) is 9.21 Å². The molecule has 0 radical (unpaired) electrons. The molecule has 0 aromatic carbocycles. The number of nitrogens with zero attached hydrogens (tertiary/aromatic N) is 1. The van der Waals surface area contributed by atoms with Crippen LogP contribution in [-0.4, -0.2) is 34.5 Å². The van der Waals surface area contributed by atoms with Gasteiger partial charge in [-0.25, -0.2) is 4.79 Å². The molecule has 0 unspecified atom stereocenters. The van der Waals surface area contributed by atoms with Crippen LogP contribution in [0.5, 0.6) is 0 Å². The molecule has 0 bridgehead atoms. The summed E-state index contributed by atoms with van der Waals surface area (Å²) in [5, 5.41) is 8.97. The number of rotatable bonds is 2. The number of carboxylic acids is 1. The van der Waals surface area contributed by atoms with Crippen molar-refractivity contribution in [3.05, 3.63) is 21.3 Å². The van der Waals surface area contributed by atoms with E-state index in [1.165, 1.54) is 16.2 Å². The second-order valence-electron chi connectivity index (χ2n) is 3.60. The largest absolute Gasteiger partial charge is 0.480 e. The SMILES string of the molecule is O=C(O)[C@H]1CCCN1C(=O)c1ccc(Cl)s1. The molecule has 1 N–H and O–H groups in total. The number of carboxylic acid groups (broad SMARTS) is 1. The smallest absolute Gasteiger partial charge is 0.326 e. The van der Waals surface area contributed by atoms with E-state index in [0.29, 0.717) is 22.2 Å². The summed E-state index contributed by atoms with van der Waals surface area (Å²) < 4.78 is 0.537. The molecule has 86 valence electrons. The van der Waals surface area contributed by atoms with Crippen LogP contribution in [0.4, 0.5) is 0 Å². The Bertz CT molecular complexity index is 431. The predicted molar refractivity (Wildman–Crippen MR) is 61.0 cm³/mol. The molecule has 1 saturated heterocycles. The van der Waals surface area contributed by atoms with Gasteiger partial charge in [-0.2, -0.15) is 0 Å². The average Bonchev–Trinajstić information content (AvgIpc) is 2.84. The van der Waals surface area contributed by atoms with E-state index < -0.39 is 12.0 Å². The first kappa shape index (κ1) is 11.4. The Morgan fingerprint density at radius 1 is 1.50 bits per heavy atom. The summed E-state index contributed by atoms with van der Waals surface area (Å²) in [6.07, 6.45) is 1.27. The van der Waals surface area contributed by atoms with Gasteiger partial charge in [0.25, 0.3) is 5.91 Å². The fourth-order valence-corrected chi connectivity index (χ4v) is 2.84. The van der Waals surface area contributed by atoms with Gasteiger partial charge in [0, 0.05) is 6.54 Å². The Balaban J connectivity index is 2.18. The highest BCUT2D eigenvalue weighted by Crippen LogP contribution is 2.26. The van der Waals surface area contributed by atoms with E-state index in [-0.39, 0.29) is 5.91 Å². The Kier molecular flexibility index (Phi) is 3.16. The van der Waals surface area contributed by atoms with E-state index in [2.05, 4.69) is 0 Å². The number of carbonyl (C=O) groups excluding carboxylic acids is 1. The molecule has 2 heterocycles. The molecular weight excluding hydrogens is 250 g/mol. The van der Waals surface area contributed by atoms with Crippen LogP contribution in [0, 0.1) is 0 Å². The van der Waals surface area contributed by atoms with Gasteiger partial charge in [0.2, 0.25) is 0 Å². The van der Waals surface area contributed by atoms with Crippen LogP contribution in [0.25, 0.3) is 0 Å². The van der Waals surface area contributed by atoms with Gasteiger partial charge < -0.3 is 10.0 Å². The highest BCUT2D eigenvalue weighted by atomic mass is 35.5. The van der Waals surface area contributed by atoms with Gasteiger partial charge in [0.1, 0.15) is 6.04 Å². The molecule has 4 nitrogen and oxygen atoms in total. The molecule has 1 aliphatic heterocycles. The predicted octanol–water partition coefficient (Wildman–Crippen LogP) is 2.09. The first-order chi connectivity index (χ1) is 7.59. The normalized spacial score (nSPS) is 20.1. The Morgan fingerprint density at radius 3 is 2.81 bits per heavy atom. The fraction of sp³-hybridized carbons (Fsp3) is 0.400. The van der Waals surface area contributed by atoms with Crippen molar-refractivity contribution < 1.29 is 14.7 Å². The second kappa shape index (κ2) is 4.43. The summed E-state index contributed by atoms with van der Waals surface area (Å²) in [5.74, 6) is -1.17. The molecule has 6 heteroatoms. The highest BCUT2D eigenvalue weighted by molar-refractivity contribution is 7.17. The summed E-state index contributed by atoms with van der Waals surface area (Å²) in [6, 6.07) is 2.59. The van der Waals surface area contributed by atoms with E-state index in [0.717, 1.165) is 6.42 Å². The first-order valence-electron chi connectivity index (χ1n) is 4.88. The lowest BCUT2D eigenvalue weighted by molar-refractivity contribution is -0.141. The quantitative estimate of drug-likeness (QED) is 0.885. The minimum absolute atomic E-state index is 0.234. The van der Waals surface area contributed by atoms with E-state index in [1.807, 2.05) is 0 Å². The number of carbonyl (C=O) groups is 2. The van der Waals surface area contributed by atoms with E-state index in [9.17, 15) is 9.59 Å². The maximum absolute atomic E-state index is 12.0. The van der Waals surface area contributed by atoms with Crippen molar-refractivity contribution in [2.24, 2.45) is 0 Å². The number of aliphatic carboxylic acids is 1. The van der Waals surface area contributed by atoms with Crippen molar-refractivity contribution in [1.82, 2.24) is 4.90 Å². The molecule has 0 aliphatic carbocycles. The van der Waals surface area contributed by atoms with E-state index in [4.69, 9.17) is 16.7 Å². The average molecular weight is 260 g/mol. The van der Waals surface area contributed by atoms with Crippen LogP contribution in [-0.2, 0) is 4.79 Å². The lowest BCUT2D eigenvalue weighted by Crippen LogP contribution is -2.40. The van der Waals surface area contributed by atoms with Crippen molar-refractivity contribution in [2.75, 3.05) is 6.54 Å². The number of amides is 1. The number of hydrogen-bond donors (Lipinski definition) is 1. The number of halogens is 1. The Labute approximate surface area is 101 Å². The van der Waals surface area contributed by atoms with E-state index in [1.54, 1.807) is 12.1 Å². The topological polar surface area (TPSA) is 57.6 Å². The monoisotopic (exact) mass is 259 g/mol. The highest BCUT2D eigenvalue weighted by Gasteiger charge is 2.34. The maximum atomic E-state index is 12.0. The molecule has 2 rings (SSSR count). The number of hydrogen-bond acceptors (Lipinski definition) is 3. The molecule has 1 atom stereocenters. The molecule has 1 aliphatic rings. The van der Waals surface area contributed by atoms with Gasteiger partial charge in [-0.1, -0.05) is 11.6 Å². The van der Waals surface area contributed by atoms with Crippen molar-refractivity contribution in [3.63, 3.8) is 0 Å². The van der Waals surface area contributed by atoms with Crippen LogP contribution < -0.4 is 0 Å². The van der Waals surface area contributed by atoms with Gasteiger partial charge in [-0.15, -0.1) is 11.3 Å². The van der Waals surface area contributed by atoms with Crippen LogP contribution >= 0.6 is 22.9 Å². The maximum Gasteiger partial charge on any atom is 0.326 e. The van der Waals surface area contributed by atoms with Crippen molar-refractivity contribution in [1.29, 1.82) is 0 Å². The van der Waals surface area contributed by atoms with E-state index >= 15 is 0 Å². The number of thiophene rings is 1. The summed E-state index contributed by atoms with van der Waals surface area (Å²) in [5.41, 5.74) is 0. The van der Waals surface area contributed by atoms with Crippen LogP contribution in [0.1, 0.15) is 22.5 Å².